The largest absolute Gasteiger partial charge is 0.364 e. The third-order valence-electron chi connectivity index (χ3n) is 3.79. The van der Waals surface area contributed by atoms with Crippen molar-refractivity contribution in [1.29, 1.82) is 0 Å². The van der Waals surface area contributed by atoms with Crippen LogP contribution in [-0.4, -0.2) is 44.1 Å². The molecule has 1 atom stereocenters. The quantitative estimate of drug-likeness (QED) is 0.770. The summed E-state index contributed by atoms with van der Waals surface area (Å²) in [6.07, 6.45) is 5.85. The van der Waals surface area contributed by atoms with E-state index in [0.717, 1.165) is 36.7 Å². The molecule has 0 bridgehead atoms. The van der Waals surface area contributed by atoms with E-state index in [9.17, 15) is 0 Å². The Balaban J connectivity index is 1.49. The van der Waals surface area contributed by atoms with Crippen molar-refractivity contribution in [2.75, 3.05) is 23.3 Å². The molecule has 0 spiro atoms. The molecule has 3 aromatic heterocycles. The molecule has 1 aliphatic rings. The van der Waals surface area contributed by atoms with Gasteiger partial charge in [0.15, 0.2) is 11.5 Å². The number of hydrogen-bond donors (Lipinski definition) is 2. The van der Waals surface area contributed by atoms with Gasteiger partial charge in [-0.2, -0.15) is 0 Å². The normalized spacial score (nSPS) is 18.0. The van der Waals surface area contributed by atoms with Crippen molar-refractivity contribution < 1.29 is 0 Å². The van der Waals surface area contributed by atoms with E-state index in [1.807, 2.05) is 12.1 Å². The number of hydrogen-bond acceptors (Lipinski definition) is 6. The van der Waals surface area contributed by atoms with Crippen molar-refractivity contribution in [2.24, 2.45) is 0 Å². The van der Waals surface area contributed by atoms with Gasteiger partial charge in [-0.3, -0.25) is 0 Å². The van der Waals surface area contributed by atoms with E-state index < -0.39 is 0 Å². The lowest BCUT2D eigenvalue weighted by atomic mass is 10.2. The summed E-state index contributed by atoms with van der Waals surface area (Å²) in [5, 5.41) is 4.12. The molecule has 1 aliphatic heterocycles. The zero-order valence-corrected chi connectivity index (χ0v) is 12.5. The van der Waals surface area contributed by atoms with Gasteiger partial charge in [0.05, 0.1) is 11.3 Å². The monoisotopic (exact) mass is 315 g/mol. The minimum absolute atomic E-state index is 0.305. The number of aromatic amines is 1. The summed E-state index contributed by atoms with van der Waals surface area (Å²) >= 11 is 5.88. The Kier molecular flexibility index (Phi) is 3.27. The smallest absolute Gasteiger partial charge is 0.182 e. The third kappa shape index (κ3) is 2.43. The number of fused-ring (bicyclic) bond motifs is 1. The fourth-order valence-electron chi connectivity index (χ4n) is 2.71. The maximum atomic E-state index is 5.88. The van der Waals surface area contributed by atoms with Crippen molar-refractivity contribution in [2.45, 2.75) is 12.5 Å². The first-order valence-electron chi connectivity index (χ1n) is 7.07. The Bertz CT molecular complexity index is 785. The van der Waals surface area contributed by atoms with Crippen LogP contribution in [0.4, 0.5) is 11.6 Å². The number of pyridine rings is 1. The highest BCUT2D eigenvalue weighted by Gasteiger charge is 2.24. The molecule has 0 amide bonds. The molecule has 112 valence electrons. The Morgan fingerprint density at radius 3 is 3.05 bits per heavy atom. The van der Waals surface area contributed by atoms with Crippen LogP contribution < -0.4 is 10.2 Å². The predicted octanol–water partition coefficient (Wildman–Crippen LogP) is 2.09. The van der Waals surface area contributed by atoms with E-state index in [1.54, 1.807) is 12.5 Å². The highest BCUT2D eigenvalue weighted by Crippen LogP contribution is 2.23. The lowest BCUT2D eigenvalue weighted by Gasteiger charge is -2.18. The second-order valence-electron chi connectivity index (χ2n) is 5.23. The summed E-state index contributed by atoms with van der Waals surface area (Å²) in [7, 11) is 0. The topological polar surface area (TPSA) is 82.6 Å². The van der Waals surface area contributed by atoms with Crippen LogP contribution in [0.15, 0.2) is 31.0 Å². The Morgan fingerprint density at radius 1 is 1.23 bits per heavy atom. The molecule has 0 radical (unpaired) electrons. The SMILES string of the molecule is Clc1ccc(N2CC[C@H](Nc3ncnc4nc[nH]c34)C2)nc1. The molecule has 8 heteroatoms. The van der Waals surface area contributed by atoms with Gasteiger partial charge in [-0.05, 0) is 18.6 Å². The molecule has 0 saturated carbocycles. The van der Waals surface area contributed by atoms with E-state index in [4.69, 9.17) is 11.6 Å². The Hall–Kier alpha value is -2.41. The summed E-state index contributed by atoms with van der Waals surface area (Å²) in [4.78, 5) is 22.2. The number of halogens is 1. The first kappa shape index (κ1) is 13.3. The molecule has 0 aliphatic carbocycles. The summed E-state index contributed by atoms with van der Waals surface area (Å²) in [5.41, 5.74) is 1.51. The average molecular weight is 316 g/mol. The lowest BCUT2D eigenvalue weighted by molar-refractivity contribution is 0.800. The van der Waals surface area contributed by atoms with Crippen LogP contribution in [0.3, 0.4) is 0 Å². The van der Waals surface area contributed by atoms with E-state index in [-0.39, 0.29) is 0 Å². The standard InChI is InChI=1S/C14H14ClN7/c15-9-1-2-11(16-5-9)22-4-3-10(6-22)21-14-12-13(18-7-17-12)19-8-20-14/h1-2,5,7-8,10H,3-4,6H2,(H2,17,18,19,20,21)/t10-/m0/s1. The number of aromatic nitrogens is 5. The zero-order chi connectivity index (χ0) is 14.9. The van der Waals surface area contributed by atoms with Crippen LogP contribution in [0.1, 0.15) is 6.42 Å². The van der Waals surface area contributed by atoms with Gasteiger partial charge in [0.25, 0.3) is 0 Å². The van der Waals surface area contributed by atoms with E-state index in [2.05, 4.69) is 35.1 Å². The second kappa shape index (κ2) is 5.42. The highest BCUT2D eigenvalue weighted by atomic mass is 35.5. The zero-order valence-electron chi connectivity index (χ0n) is 11.7. The molecule has 0 aromatic carbocycles. The molecule has 1 saturated heterocycles. The first-order valence-corrected chi connectivity index (χ1v) is 7.44. The average Bonchev–Trinajstić information content (AvgIpc) is 3.17. The lowest BCUT2D eigenvalue weighted by Crippen LogP contribution is -2.27. The van der Waals surface area contributed by atoms with Gasteiger partial charge in [0, 0.05) is 25.3 Å². The summed E-state index contributed by atoms with van der Waals surface area (Å²) in [6, 6.07) is 4.12. The molecular formula is C14H14ClN7. The second-order valence-corrected chi connectivity index (χ2v) is 5.67. The van der Waals surface area contributed by atoms with Gasteiger partial charge in [-0.15, -0.1) is 0 Å². The van der Waals surface area contributed by atoms with Gasteiger partial charge in [-0.1, -0.05) is 11.6 Å². The maximum Gasteiger partial charge on any atom is 0.182 e. The van der Waals surface area contributed by atoms with Crippen LogP contribution in [0.5, 0.6) is 0 Å². The molecule has 2 N–H and O–H groups in total. The molecule has 1 fully saturated rings. The number of nitrogens with zero attached hydrogens (tertiary/aromatic N) is 5. The van der Waals surface area contributed by atoms with Crippen molar-refractivity contribution in [3.8, 4) is 0 Å². The number of H-pyrrole nitrogens is 1. The predicted molar refractivity (Wildman–Crippen MR) is 85.2 cm³/mol. The number of nitrogens with one attached hydrogen (secondary N) is 2. The van der Waals surface area contributed by atoms with Crippen LogP contribution in [0.25, 0.3) is 11.2 Å². The summed E-state index contributed by atoms with van der Waals surface area (Å²) in [6.45, 7) is 1.82. The van der Waals surface area contributed by atoms with Gasteiger partial charge in [0.1, 0.15) is 17.7 Å². The van der Waals surface area contributed by atoms with E-state index >= 15 is 0 Å². The first-order chi connectivity index (χ1) is 10.8. The number of rotatable bonds is 3. The van der Waals surface area contributed by atoms with Gasteiger partial charge in [0.2, 0.25) is 0 Å². The fourth-order valence-corrected chi connectivity index (χ4v) is 2.82. The minimum atomic E-state index is 0.305. The third-order valence-corrected chi connectivity index (χ3v) is 4.01. The van der Waals surface area contributed by atoms with Crippen molar-refractivity contribution in [1.82, 2.24) is 24.9 Å². The molecule has 0 unspecified atom stereocenters. The van der Waals surface area contributed by atoms with Crippen LogP contribution in [0, 0.1) is 0 Å². The molecular weight excluding hydrogens is 302 g/mol. The summed E-state index contributed by atoms with van der Waals surface area (Å²) in [5.74, 6) is 1.74. The Morgan fingerprint density at radius 2 is 2.18 bits per heavy atom. The Labute approximate surface area is 131 Å². The van der Waals surface area contributed by atoms with Gasteiger partial charge >= 0.3 is 0 Å². The molecule has 7 nitrogen and oxygen atoms in total. The molecule has 3 aromatic rings. The van der Waals surface area contributed by atoms with Crippen molar-refractivity contribution in [3.63, 3.8) is 0 Å². The summed E-state index contributed by atoms with van der Waals surface area (Å²) < 4.78 is 0. The van der Waals surface area contributed by atoms with Crippen LogP contribution in [0.2, 0.25) is 5.02 Å². The minimum Gasteiger partial charge on any atom is -0.364 e. The number of imidazole rings is 1. The molecule has 22 heavy (non-hydrogen) atoms. The maximum absolute atomic E-state index is 5.88. The highest BCUT2D eigenvalue weighted by molar-refractivity contribution is 6.30. The van der Waals surface area contributed by atoms with Gasteiger partial charge in [-0.25, -0.2) is 19.9 Å². The van der Waals surface area contributed by atoms with E-state index in [0.29, 0.717) is 16.7 Å². The molecule has 4 heterocycles. The number of anilines is 2. The van der Waals surface area contributed by atoms with Crippen LogP contribution >= 0.6 is 11.6 Å². The van der Waals surface area contributed by atoms with E-state index in [1.165, 1.54) is 6.33 Å². The van der Waals surface area contributed by atoms with Crippen molar-refractivity contribution >= 4 is 34.4 Å². The van der Waals surface area contributed by atoms with Crippen molar-refractivity contribution in [3.05, 3.63) is 36.0 Å². The van der Waals surface area contributed by atoms with Gasteiger partial charge < -0.3 is 15.2 Å². The fraction of sp³-hybridized carbons (Fsp3) is 0.286. The molecule has 4 rings (SSSR count). The van der Waals surface area contributed by atoms with Crippen LogP contribution in [-0.2, 0) is 0 Å².